The van der Waals surface area contributed by atoms with Crippen molar-refractivity contribution < 1.29 is 9.53 Å². The number of nitrogens with one attached hydrogen (secondary N) is 1. The van der Waals surface area contributed by atoms with Gasteiger partial charge in [-0.1, -0.05) is 18.2 Å². The molecule has 2 aromatic heterocycles. The highest BCUT2D eigenvalue weighted by Crippen LogP contribution is 2.23. The number of anilines is 1. The van der Waals surface area contributed by atoms with Crippen LogP contribution in [0.25, 0.3) is 11.4 Å². The number of hydrogen-bond donors (Lipinski definition) is 1. The number of thiazole rings is 1. The van der Waals surface area contributed by atoms with Crippen LogP contribution in [0.1, 0.15) is 12.5 Å². The molecule has 0 aliphatic rings. The number of nitrogens with zero attached hydrogens (tertiary/aromatic N) is 2. The lowest BCUT2D eigenvalue weighted by molar-refractivity contribution is -0.122. The molecule has 0 spiro atoms. The van der Waals surface area contributed by atoms with Gasteiger partial charge in [-0.2, -0.15) is 0 Å². The lowest BCUT2D eigenvalue weighted by atomic mass is 10.2. The van der Waals surface area contributed by atoms with Gasteiger partial charge in [-0.05, 0) is 43.7 Å². The number of hydrogen-bond acceptors (Lipinski definition) is 5. The first-order valence-electron chi connectivity index (χ1n) is 7.53. The zero-order chi connectivity index (χ0) is 16.9. The number of rotatable bonds is 5. The molecule has 1 atom stereocenters. The average Bonchev–Trinajstić information content (AvgIpc) is 3.04. The van der Waals surface area contributed by atoms with E-state index < -0.39 is 6.10 Å². The van der Waals surface area contributed by atoms with Crippen molar-refractivity contribution in [3.05, 3.63) is 59.6 Å². The number of ether oxygens (including phenoxy) is 1. The summed E-state index contributed by atoms with van der Waals surface area (Å²) in [6.45, 7) is 3.69. The summed E-state index contributed by atoms with van der Waals surface area (Å²) < 4.78 is 5.67. The van der Waals surface area contributed by atoms with E-state index in [-0.39, 0.29) is 5.91 Å². The minimum atomic E-state index is -0.617. The largest absolute Gasteiger partial charge is 0.481 e. The molecular weight excluding hydrogens is 322 g/mol. The van der Waals surface area contributed by atoms with Gasteiger partial charge in [0, 0.05) is 11.6 Å². The van der Waals surface area contributed by atoms with E-state index >= 15 is 0 Å². The number of carbonyl (C=O) groups excluding carboxylic acids is 1. The standard InChI is InChI=1S/C18H17N3O2S/c1-12-6-5-7-14(10-12)23-13(2)17(22)21-18-20-16(11-24-18)15-8-3-4-9-19-15/h3-11,13H,1-2H3,(H,20,21,22)/t13-/m1/s1. The molecule has 1 N–H and O–H groups in total. The fourth-order valence-corrected chi connectivity index (χ4v) is 2.82. The Morgan fingerprint density at radius 2 is 2.08 bits per heavy atom. The first-order chi connectivity index (χ1) is 11.6. The molecule has 0 fully saturated rings. The van der Waals surface area contributed by atoms with Gasteiger partial charge in [0.2, 0.25) is 0 Å². The highest BCUT2D eigenvalue weighted by Gasteiger charge is 2.17. The molecule has 3 aromatic rings. The molecule has 0 aliphatic heterocycles. The van der Waals surface area contributed by atoms with Crippen LogP contribution >= 0.6 is 11.3 Å². The first-order valence-corrected chi connectivity index (χ1v) is 8.41. The smallest absolute Gasteiger partial charge is 0.266 e. The number of pyridine rings is 1. The van der Waals surface area contributed by atoms with Gasteiger partial charge in [0.25, 0.3) is 5.91 Å². The zero-order valence-electron chi connectivity index (χ0n) is 13.4. The quantitative estimate of drug-likeness (QED) is 0.765. The summed E-state index contributed by atoms with van der Waals surface area (Å²) in [5.41, 5.74) is 2.60. The first kappa shape index (κ1) is 16.1. The van der Waals surface area contributed by atoms with Crippen molar-refractivity contribution in [3.63, 3.8) is 0 Å². The van der Waals surface area contributed by atoms with E-state index in [4.69, 9.17) is 4.74 Å². The molecule has 0 aliphatic carbocycles. The Kier molecular flexibility index (Phi) is 4.86. The van der Waals surface area contributed by atoms with Crippen molar-refractivity contribution in [3.8, 4) is 17.1 Å². The molecule has 1 amide bonds. The highest BCUT2D eigenvalue weighted by atomic mass is 32.1. The molecule has 0 saturated carbocycles. The van der Waals surface area contributed by atoms with Crippen LogP contribution in [0.2, 0.25) is 0 Å². The normalized spacial score (nSPS) is 11.8. The van der Waals surface area contributed by atoms with Crippen LogP contribution in [0.15, 0.2) is 54.0 Å². The Morgan fingerprint density at radius 3 is 2.83 bits per heavy atom. The number of aromatic nitrogens is 2. The van der Waals surface area contributed by atoms with E-state index in [1.165, 1.54) is 11.3 Å². The molecule has 0 saturated heterocycles. The van der Waals surface area contributed by atoms with E-state index in [2.05, 4.69) is 15.3 Å². The van der Waals surface area contributed by atoms with Gasteiger partial charge in [0.1, 0.15) is 11.4 Å². The molecule has 3 rings (SSSR count). The van der Waals surface area contributed by atoms with Crippen LogP contribution < -0.4 is 10.1 Å². The van der Waals surface area contributed by atoms with E-state index in [0.29, 0.717) is 10.9 Å². The zero-order valence-corrected chi connectivity index (χ0v) is 14.2. The topological polar surface area (TPSA) is 64.1 Å². The maximum atomic E-state index is 12.3. The van der Waals surface area contributed by atoms with Crippen LogP contribution in [0.3, 0.4) is 0 Å². The monoisotopic (exact) mass is 339 g/mol. The Morgan fingerprint density at radius 1 is 1.21 bits per heavy atom. The second-order valence-corrected chi connectivity index (χ2v) is 6.18. The number of benzene rings is 1. The van der Waals surface area contributed by atoms with Gasteiger partial charge in [-0.3, -0.25) is 15.1 Å². The summed E-state index contributed by atoms with van der Waals surface area (Å²) >= 11 is 1.36. The molecule has 122 valence electrons. The Bertz CT molecular complexity index is 833. The third-order valence-electron chi connectivity index (χ3n) is 3.33. The maximum absolute atomic E-state index is 12.3. The van der Waals surface area contributed by atoms with Crippen LogP contribution in [-0.2, 0) is 4.79 Å². The van der Waals surface area contributed by atoms with E-state index in [1.807, 2.05) is 54.8 Å². The number of carbonyl (C=O) groups is 1. The minimum absolute atomic E-state index is 0.238. The van der Waals surface area contributed by atoms with Crippen molar-refractivity contribution in [1.82, 2.24) is 9.97 Å². The van der Waals surface area contributed by atoms with Crippen LogP contribution in [0.5, 0.6) is 5.75 Å². The summed E-state index contributed by atoms with van der Waals surface area (Å²) in [5, 5.41) is 5.18. The molecule has 0 unspecified atom stereocenters. The fraction of sp³-hybridized carbons (Fsp3) is 0.167. The minimum Gasteiger partial charge on any atom is -0.481 e. The third kappa shape index (κ3) is 3.97. The second kappa shape index (κ2) is 7.23. The molecule has 5 nitrogen and oxygen atoms in total. The van der Waals surface area contributed by atoms with Gasteiger partial charge in [0.15, 0.2) is 11.2 Å². The van der Waals surface area contributed by atoms with Gasteiger partial charge < -0.3 is 4.74 Å². The highest BCUT2D eigenvalue weighted by molar-refractivity contribution is 7.14. The predicted octanol–water partition coefficient (Wildman–Crippen LogP) is 3.92. The summed E-state index contributed by atoms with van der Waals surface area (Å²) in [4.78, 5) is 20.9. The van der Waals surface area contributed by atoms with Gasteiger partial charge in [-0.15, -0.1) is 11.3 Å². The van der Waals surface area contributed by atoms with Crippen molar-refractivity contribution in [2.45, 2.75) is 20.0 Å². The van der Waals surface area contributed by atoms with Gasteiger partial charge >= 0.3 is 0 Å². The van der Waals surface area contributed by atoms with E-state index in [1.54, 1.807) is 13.1 Å². The Balaban J connectivity index is 1.63. The van der Waals surface area contributed by atoms with Crippen LogP contribution in [-0.4, -0.2) is 22.0 Å². The summed E-state index contributed by atoms with van der Waals surface area (Å²) in [6.07, 6.45) is 1.10. The average molecular weight is 339 g/mol. The summed E-state index contributed by atoms with van der Waals surface area (Å²) in [7, 11) is 0. The third-order valence-corrected chi connectivity index (χ3v) is 4.09. The lowest BCUT2D eigenvalue weighted by Crippen LogP contribution is -2.30. The molecule has 24 heavy (non-hydrogen) atoms. The second-order valence-electron chi connectivity index (χ2n) is 5.32. The molecule has 6 heteroatoms. The van der Waals surface area contributed by atoms with Crippen LogP contribution in [0, 0.1) is 6.92 Å². The predicted molar refractivity (Wildman–Crippen MR) is 95.2 cm³/mol. The van der Waals surface area contributed by atoms with Gasteiger partial charge in [-0.25, -0.2) is 4.98 Å². The fourth-order valence-electron chi connectivity index (χ4n) is 2.12. The van der Waals surface area contributed by atoms with Crippen molar-refractivity contribution >= 4 is 22.4 Å². The Labute approximate surface area is 144 Å². The molecule has 2 heterocycles. The van der Waals surface area contributed by atoms with Crippen molar-refractivity contribution in [2.24, 2.45) is 0 Å². The lowest BCUT2D eigenvalue weighted by Gasteiger charge is -2.14. The SMILES string of the molecule is Cc1cccc(O[C@H](C)C(=O)Nc2nc(-c3ccccn3)cs2)c1. The number of amides is 1. The Hall–Kier alpha value is -2.73. The molecule has 1 aromatic carbocycles. The number of aryl methyl sites for hydroxylation is 1. The summed E-state index contributed by atoms with van der Waals surface area (Å²) in [5.74, 6) is 0.435. The van der Waals surface area contributed by atoms with Crippen molar-refractivity contribution in [2.75, 3.05) is 5.32 Å². The maximum Gasteiger partial charge on any atom is 0.266 e. The summed E-state index contributed by atoms with van der Waals surface area (Å²) in [6, 6.07) is 13.2. The van der Waals surface area contributed by atoms with Gasteiger partial charge in [0.05, 0.1) is 5.69 Å². The molecule has 0 radical (unpaired) electrons. The van der Waals surface area contributed by atoms with Crippen LogP contribution in [0.4, 0.5) is 5.13 Å². The van der Waals surface area contributed by atoms with Crippen molar-refractivity contribution in [1.29, 1.82) is 0 Å². The molecule has 0 bridgehead atoms. The van der Waals surface area contributed by atoms with E-state index in [9.17, 15) is 4.79 Å². The van der Waals surface area contributed by atoms with E-state index in [0.717, 1.165) is 17.0 Å². The molecular formula is C18H17N3O2S.